The Bertz CT molecular complexity index is 340. The predicted octanol–water partition coefficient (Wildman–Crippen LogP) is 1.36. The molecule has 0 saturated carbocycles. The number of allylic oxidation sites excluding steroid dienone is 1. The largest absolute Gasteiger partial charge is 0.392 e. The first-order chi connectivity index (χ1) is 7.63. The zero-order valence-corrected chi connectivity index (χ0v) is 9.11. The average Bonchev–Trinajstić information content (AvgIpc) is 2.65. The van der Waals surface area contributed by atoms with Crippen molar-refractivity contribution in [3.8, 4) is 0 Å². The van der Waals surface area contributed by atoms with Gasteiger partial charge >= 0.3 is 0 Å². The highest BCUT2D eigenvalue weighted by atomic mass is 16.7. The molecule has 2 rings (SSSR count). The summed E-state index contributed by atoms with van der Waals surface area (Å²) < 4.78 is 10.9. The third kappa shape index (κ3) is 1.92. The summed E-state index contributed by atoms with van der Waals surface area (Å²) in [4.78, 5) is 2.72. The fourth-order valence-electron chi connectivity index (χ4n) is 2.32. The minimum Gasteiger partial charge on any atom is -0.392 e. The van der Waals surface area contributed by atoms with E-state index in [1.807, 2.05) is 6.92 Å². The third-order valence-corrected chi connectivity index (χ3v) is 3.05. The van der Waals surface area contributed by atoms with E-state index in [1.54, 1.807) is 0 Å². The molecular weight excluding hydrogens is 210 g/mol. The summed E-state index contributed by atoms with van der Waals surface area (Å²) in [7, 11) is 0. The molecule has 2 unspecified atom stereocenters. The summed E-state index contributed by atoms with van der Waals surface area (Å²) in [6, 6.07) is -0.659. The first-order valence-electron chi connectivity index (χ1n) is 5.27. The number of nitrogens with zero attached hydrogens (tertiary/aromatic N) is 3. The Balaban J connectivity index is 2.18. The van der Waals surface area contributed by atoms with E-state index >= 15 is 0 Å². The van der Waals surface area contributed by atoms with Crippen LogP contribution in [0.25, 0.3) is 10.4 Å². The third-order valence-electron chi connectivity index (χ3n) is 3.05. The molecule has 0 aromatic rings. The highest BCUT2D eigenvalue weighted by Gasteiger charge is 2.49. The van der Waals surface area contributed by atoms with Gasteiger partial charge in [-0.1, -0.05) is 10.7 Å². The van der Waals surface area contributed by atoms with Gasteiger partial charge in [-0.05, 0) is 18.9 Å². The Labute approximate surface area is 93.5 Å². The minimum absolute atomic E-state index is 0.105. The highest BCUT2D eigenvalue weighted by Crippen LogP contribution is 2.36. The molecule has 6 nitrogen and oxygen atoms in total. The van der Waals surface area contributed by atoms with Crippen LogP contribution < -0.4 is 0 Å². The molecule has 5 atom stereocenters. The lowest BCUT2D eigenvalue weighted by atomic mass is 9.85. The standard InChI is InChI=1S/C10H15N3O3/c1-5(2)3-6-7-4-15-10(16-7)8(9(6)14)12-13-11/h6-10,14H,1,3-4H2,2H3/t6-,7-,8?,9?,10-/m1/s1. The van der Waals surface area contributed by atoms with Crippen LogP contribution in [-0.2, 0) is 9.47 Å². The molecule has 1 N–H and O–H groups in total. The molecule has 6 heteroatoms. The average molecular weight is 225 g/mol. The Kier molecular flexibility index (Phi) is 3.16. The predicted molar refractivity (Wildman–Crippen MR) is 56.5 cm³/mol. The van der Waals surface area contributed by atoms with Crippen molar-refractivity contribution < 1.29 is 14.6 Å². The van der Waals surface area contributed by atoms with Crippen molar-refractivity contribution in [2.45, 2.75) is 37.9 Å². The monoisotopic (exact) mass is 225 g/mol. The van der Waals surface area contributed by atoms with Crippen molar-refractivity contribution in [3.05, 3.63) is 22.6 Å². The summed E-state index contributed by atoms with van der Waals surface area (Å²) in [5.74, 6) is -0.105. The summed E-state index contributed by atoms with van der Waals surface area (Å²) in [5.41, 5.74) is 9.42. The van der Waals surface area contributed by atoms with E-state index in [9.17, 15) is 5.11 Å². The van der Waals surface area contributed by atoms with Crippen molar-refractivity contribution >= 4 is 0 Å². The fourth-order valence-corrected chi connectivity index (χ4v) is 2.32. The van der Waals surface area contributed by atoms with E-state index in [4.69, 9.17) is 15.0 Å². The van der Waals surface area contributed by atoms with Crippen molar-refractivity contribution in [3.63, 3.8) is 0 Å². The molecule has 2 saturated heterocycles. The molecule has 0 spiro atoms. The number of aliphatic hydroxyl groups excluding tert-OH is 1. The minimum atomic E-state index is -0.723. The molecule has 0 amide bonds. The first kappa shape index (κ1) is 11.4. The molecule has 0 radical (unpaired) electrons. The van der Waals surface area contributed by atoms with Crippen LogP contribution in [-0.4, -0.2) is 36.3 Å². The molecule has 0 aromatic carbocycles. The van der Waals surface area contributed by atoms with Gasteiger partial charge in [-0.15, -0.1) is 6.58 Å². The fraction of sp³-hybridized carbons (Fsp3) is 0.800. The lowest BCUT2D eigenvalue weighted by Gasteiger charge is -2.36. The van der Waals surface area contributed by atoms with Crippen LogP contribution in [0.4, 0.5) is 0 Å². The highest BCUT2D eigenvalue weighted by molar-refractivity contribution is 5.02. The molecule has 0 aromatic heterocycles. The number of rotatable bonds is 3. The van der Waals surface area contributed by atoms with Gasteiger partial charge in [0, 0.05) is 10.8 Å². The van der Waals surface area contributed by atoms with Crippen LogP contribution in [0.2, 0.25) is 0 Å². The van der Waals surface area contributed by atoms with E-state index < -0.39 is 18.4 Å². The van der Waals surface area contributed by atoms with Gasteiger partial charge in [0.25, 0.3) is 0 Å². The van der Waals surface area contributed by atoms with Gasteiger partial charge in [-0.25, -0.2) is 0 Å². The molecule has 88 valence electrons. The number of aliphatic hydroxyl groups is 1. The lowest BCUT2D eigenvalue weighted by Crippen LogP contribution is -2.49. The van der Waals surface area contributed by atoms with Crippen molar-refractivity contribution in [1.82, 2.24) is 0 Å². The second-order valence-electron chi connectivity index (χ2n) is 4.39. The molecule has 0 aliphatic carbocycles. The van der Waals surface area contributed by atoms with Gasteiger partial charge in [0.05, 0.1) is 18.8 Å². The Hall–Kier alpha value is -1.07. The summed E-state index contributed by atoms with van der Waals surface area (Å²) in [6.07, 6.45) is -0.794. The van der Waals surface area contributed by atoms with Gasteiger partial charge in [0.2, 0.25) is 0 Å². The molecule has 2 bridgehead atoms. The topological polar surface area (TPSA) is 87.5 Å². The molecular formula is C10H15N3O3. The van der Waals surface area contributed by atoms with Gasteiger partial charge in [0.15, 0.2) is 6.29 Å². The van der Waals surface area contributed by atoms with Crippen molar-refractivity contribution in [2.75, 3.05) is 6.61 Å². The van der Waals surface area contributed by atoms with Gasteiger partial charge in [0.1, 0.15) is 6.04 Å². The number of azide groups is 1. The van der Waals surface area contributed by atoms with Crippen LogP contribution in [0.3, 0.4) is 0 Å². The van der Waals surface area contributed by atoms with E-state index in [1.165, 1.54) is 0 Å². The Morgan fingerprint density at radius 1 is 1.69 bits per heavy atom. The van der Waals surface area contributed by atoms with Crippen LogP contribution in [0.15, 0.2) is 17.3 Å². The zero-order valence-electron chi connectivity index (χ0n) is 9.11. The maximum atomic E-state index is 10.1. The Morgan fingerprint density at radius 3 is 3.06 bits per heavy atom. The van der Waals surface area contributed by atoms with Crippen LogP contribution in [0.1, 0.15) is 13.3 Å². The molecule has 2 heterocycles. The molecule has 16 heavy (non-hydrogen) atoms. The number of fused-ring (bicyclic) bond motifs is 2. The normalized spacial score (nSPS) is 41.5. The van der Waals surface area contributed by atoms with E-state index in [-0.39, 0.29) is 12.0 Å². The number of hydrogen-bond donors (Lipinski definition) is 1. The number of hydrogen-bond acceptors (Lipinski definition) is 4. The summed E-state index contributed by atoms with van der Waals surface area (Å²) >= 11 is 0. The van der Waals surface area contributed by atoms with Crippen molar-refractivity contribution in [1.29, 1.82) is 0 Å². The van der Waals surface area contributed by atoms with Crippen LogP contribution >= 0.6 is 0 Å². The summed E-state index contributed by atoms with van der Waals surface area (Å²) in [6.45, 7) is 6.17. The van der Waals surface area contributed by atoms with Gasteiger partial charge in [-0.3, -0.25) is 0 Å². The maximum Gasteiger partial charge on any atom is 0.169 e. The lowest BCUT2D eigenvalue weighted by molar-refractivity contribution is -0.155. The van der Waals surface area contributed by atoms with E-state index in [0.29, 0.717) is 13.0 Å². The maximum absolute atomic E-state index is 10.1. The molecule has 2 fully saturated rings. The first-order valence-corrected chi connectivity index (χ1v) is 5.27. The van der Waals surface area contributed by atoms with E-state index in [0.717, 1.165) is 5.57 Å². The molecule has 2 aliphatic rings. The molecule has 2 aliphatic heterocycles. The zero-order chi connectivity index (χ0) is 11.7. The Morgan fingerprint density at radius 2 is 2.44 bits per heavy atom. The van der Waals surface area contributed by atoms with Crippen molar-refractivity contribution in [2.24, 2.45) is 11.0 Å². The van der Waals surface area contributed by atoms with E-state index in [2.05, 4.69) is 16.6 Å². The summed E-state index contributed by atoms with van der Waals surface area (Å²) in [5, 5.41) is 13.7. The quantitative estimate of drug-likeness (QED) is 0.340. The van der Waals surface area contributed by atoms with Crippen LogP contribution in [0, 0.1) is 5.92 Å². The number of ether oxygens (including phenoxy) is 2. The van der Waals surface area contributed by atoms with Crippen LogP contribution in [0.5, 0.6) is 0 Å². The second kappa shape index (κ2) is 4.43. The SMILES string of the molecule is C=C(C)C[C@H]1C(O)C(N=[N+]=[N-])[C@@H]2OC[C@H]1O2. The van der Waals surface area contributed by atoms with Gasteiger partial charge in [-0.2, -0.15) is 0 Å². The van der Waals surface area contributed by atoms with Gasteiger partial charge < -0.3 is 14.6 Å². The smallest absolute Gasteiger partial charge is 0.169 e. The second-order valence-corrected chi connectivity index (χ2v) is 4.39.